The average molecular weight is 261 g/mol. The molecule has 102 valence electrons. The third-order valence-electron chi connectivity index (χ3n) is 3.46. The van der Waals surface area contributed by atoms with Gasteiger partial charge in [-0.2, -0.15) is 0 Å². The molecule has 0 amide bonds. The van der Waals surface area contributed by atoms with Crippen LogP contribution in [0.2, 0.25) is 0 Å². The van der Waals surface area contributed by atoms with Gasteiger partial charge in [0.25, 0.3) is 0 Å². The van der Waals surface area contributed by atoms with Gasteiger partial charge in [0.15, 0.2) is 0 Å². The van der Waals surface area contributed by atoms with E-state index in [1.165, 1.54) is 0 Å². The van der Waals surface area contributed by atoms with Gasteiger partial charge in [-0.05, 0) is 37.5 Å². The molecule has 0 aliphatic rings. The van der Waals surface area contributed by atoms with Crippen molar-refractivity contribution in [2.45, 2.75) is 32.2 Å². The van der Waals surface area contributed by atoms with Gasteiger partial charge in [-0.15, -0.1) is 0 Å². The first-order valence-corrected chi connectivity index (χ1v) is 6.39. The Bertz CT molecular complexity index is 604. The number of carboxylic acids is 1. The van der Waals surface area contributed by atoms with Gasteiger partial charge in [0, 0.05) is 19.5 Å². The summed E-state index contributed by atoms with van der Waals surface area (Å²) < 4.78 is 2.04. The molecule has 5 nitrogen and oxygen atoms in total. The van der Waals surface area contributed by atoms with Crippen molar-refractivity contribution < 1.29 is 9.90 Å². The van der Waals surface area contributed by atoms with Crippen LogP contribution in [0.1, 0.15) is 36.7 Å². The number of aryl methyl sites for hydroxylation is 2. The summed E-state index contributed by atoms with van der Waals surface area (Å²) in [7, 11) is 1.98. The second-order valence-corrected chi connectivity index (χ2v) is 4.86. The minimum Gasteiger partial charge on any atom is -0.481 e. The molecule has 0 fully saturated rings. The molecule has 19 heavy (non-hydrogen) atoms. The molecule has 1 atom stereocenters. The van der Waals surface area contributed by atoms with Crippen molar-refractivity contribution in [1.29, 1.82) is 0 Å². The highest BCUT2D eigenvalue weighted by Gasteiger charge is 2.10. The third-order valence-corrected chi connectivity index (χ3v) is 3.46. The van der Waals surface area contributed by atoms with E-state index in [2.05, 4.69) is 4.98 Å². The summed E-state index contributed by atoms with van der Waals surface area (Å²) >= 11 is 0. The van der Waals surface area contributed by atoms with Gasteiger partial charge in [0.2, 0.25) is 0 Å². The highest BCUT2D eigenvalue weighted by atomic mass is 16.4. The Morgan fingerprint density at radius 3 is 2.95 bits per heavy atom. The molecule has 0 spiro atoms. The number of aliphatic carboxylic acids is 1. The van der Waals surface area contributed by atoms with E-state index in [-0.39, 0.29) is 12.5 Å². The lowest BCUT2D eigenvalue weighted by atomic mass is 10.0. The number of nitrogens with two attached hydrogens (primary N) is 1. The van der Waals surface area contributed by atoms with Gasteiger partial charge in [0.05, 0.1) is 11.0 Å². The second kappa shape index (κ2) is 5.40. The lowest BCUT2D eigenvalue weighted by Crippen LogP contribution is -2.10. The average Bonchev–Trinajstić information content (AvgIpc) is 2.64. The van der Waals surface area contributed by atoms with E-state index in [9.17, 15) is 4.79 Å². The first kappa shape index (κ1) is 13.5. The van der Waals surface area contributed by atoms with E-state index in [1.807, 2.05) is 36.7 Å². The van der Waals surface area contributed by atoms with Crippen LogP contribution in [-0.2, 0) is 11.8 Å². The number of imidazole rings is 1. The maximum atomic E-state index is 10.5. The predicted octanol–water partition coefficient (Wildman–Crippen LogP) is 2.14. The monoisotopic (exact) mass is 261 g/mol. The number of carbonyl (C=O) groups is 1. The Kier molecular flexibility index (Phi) is 3.85. The smallest absolute Gasteiger partial charge is 0.303 e. The van der Waals surface area contributed by atoms with Gasteiger partial charge in [-0.25, -0.2) is 4.98 Å². The summed E-state index contributed by atoms with van der Waals surface area (Å²) in [6, 6.07) is 5.87. The molecule has 1 unspecified atom stereocenters. The minimum atomic E-state index is -0.775. The summed E-state index contributed by atoms with van der Waals surface area (Å²) in [4.78, 5) is 15.0. The number of nitrogens with zero attached hydrogens (tertiary/aromatic N) is 2. The number of fused-ring (bicyclic) bond motifs is 1. The van der Waals surface area contributed by atoms with E-state index >= 15 is 0 Å². The molecule has 0 aliphatic carbocycles. The molecule has 0 radical (unpaired) electrons. The maximum absolute atomic E-state index is 10.5. The Morgan fingerprint density at radius 2 is 2.26 bits per heavy atom. The summed E-state index contributed by atoms with van der Waals surface area (Å²) in [5, 5.41) is 8.62. The van der Waals surface area contributed by atoms with Crippen LogP contribution in [0, 0.1) is 6.92 Å². The van der Waals surface area contributed by atoms with Gasteiger partial charge in [-0.1, -0.05) is 6.07 Å². The van der Waals surface area contributed by atoms with Crippen LogP contribution in [0.4, 0.5) is 0 Å². The van der Waals surface area contributed by atoms with Crippen molar-refractivity contribution in [3.8, 4) is 0 Å². The van der Waals surface area contributed by atoms with Gasteiger partial charge in [0.1, 0.15) is 5.82 Å². The molecule has 1 aromatic heterocycles. The van der Waals surface area contributed by atoms with Crippen molar-refractivity contribution in [2.24, 2.45) is 12.8 Å². The lowest BCUT2D eigenvalue weighted by Gasteiger charge is -2.11. The zero-order valence-corrected chi connectivity index (χ0v) is 11.3. The largest absolute Gasteiger partial charge is 0.481 e. The molecule has 5 heteroatoms. The van der Waals surface area contributed by atoms with E-state index in [0.29, 0.717) is 12.8 Å². The third kappa shape index (κ3) is 2.93. The fourth-order valence-corrected chi connectivity index (χ4v) is 2.21. The topological polar surface area (TPSA) is 81.1 Å². The van der Waals surface area contributed by atoms with Crippen LogP contribution in [0.3, 0.4) is 0 Å². The van der Waals surface area contributed by atoms with Crippen molar-refractivity contribution >= 4 is 17.0 Å². The van der Waals surface area contributed by atoms with Gasteiger partial charge in [-0.3, -0.25) is 4.79 Å². The van der Waals surface area contributed by atoms with Crippen LogP contribution in [0.15, 0.2) is 18.2 Å². The summed E-state index contributed by atoms with van der Waals surface area (Å²) in [5.41, 5.74) is 9.12. The molecule has 1 heterocycles. The minimum absolute atomic E-state index is 0.133. The fraction of sp³-hybridized carbons (Fsp3) is 0.429. The summed E-state index contributed by atoms with van der Waals surface area (Å²) in [6.45, 7) is 1.96. The number of rotatable bonds is 5. The number of hydrogen-bond acceptors (Lipinski definition) is 3. The van der Waals surface area contributed by atoms with Crippen molar-refractivity contribution in [3.63, 3.8) is 0 Å². The number of aromatic nitrogens is 2. The molecule has 2 rings (SSSR count). The predicted molar refractivity (Wildman–Crippen MR) is 73.9 cm³/mol. The van der Waals surface area contributed by atoms with Crippen LogP contribution in [0.5, 0.6) is 0 Å². The molecule has 1 aromatic carbocycles. The van der Waals surface area contributed by atoms with Crippen molar-refractivity contribution in [1.82, 2.24) is 9.55 Å². The molecule has 0 aliphatic heterocycles. The van der Waals surface area contributed by atoms with E-state index in [4.69, 9.17) is 10.8 Å². The highest BCUT2D eigenvalue weighted by Crippen LogP contribution is 2.22. The zero-order chi connectivity index (χ0) is 14.0. The first-order valence-electron chi connectivity index (χ1n) is 6.39. The Morgan fingerprint density at radius 1 is 1.53 bits per heavy atom. The van der Waals surface area contributed by atoms with Crippen LogP contribution < -0.4 is 5.73 Å². The van der Waals surface area contributed by atoms with Crippen LogP contribution >= 0.6 is 0 Å². The Labute approximate surface area is 112 Å². The first-order chi connectivity index (χ1) is 8.99. The van der Waals surface area contributed by atoms with Crippen molar-refractivity contribution in [2.75, 3.05) is 0 Å². The molecular weight excluding hydrogens is 242 g/mol. The lowest BCUT2D eigenvalue weighted by molar-refractivity contribution is -0.137. The summed E-state index contributed by atoms with van der Waals surface area (Å²) in [5.74, 6) is 0.189. The highest BCUT2D eigenvalue weighted by molar-refractivity contribution is 5.77. The molecule has 0 bridgehead atoms. The van der Waals surface area contributed by atoms with E-state index in [1.54, 1.807) is 0 Å². The Balaban J connectivity index is 2.14. The second-order valence-electron chi connectivity index (χ2n) is 4.86. The SMILES string of the molecule is Cc1nc2cc(C(N)CCCC(=O)O)ccc2n1C. The molecule has 0 saturated carbocycles. The molecule has 3 N–H and O–H groups in total. The van der Waals surface area contributed by atoms with Gasteiger partial charge >= 0.3 is 5.97 Å². The van der Waals surface area contributed by atoms with E-state index in [0.717, 1.165) is 22.4 Å². The van der Waals surface area contributed by atoms with Gasteiger partial charge < -0.3 is 15.4 Å². The Hall–Kier alpha value is -1.88. The standard InChI is InChI=1S/C14H19N3O2/c1-9-16-12-8-10(6-7-13(12)17(9)2)11(15)4-3-5-14(18)19/h6-8,11H,3-5,15H2,1-2H3,(H,18,19). The van der Waals surface area contributed by atoms with Crippen LogP contribution in [0.25, 0.3) is 11.0 Å². The fourth-order valence-electron chi connectivity index (χ4n) is 2.21. The number of carboxylic acid groups (broad SMARTS) is 1. The normalized spacial score (nSPS) is 12.8. The molecule has 0 saturated heterocycles. The molecule has 2 aromatic rings. The number of hydrogen-bond donors (Lipinski definition) is 2. The quantitative estimate of drug-likeness (QED) is 0.864. The van der Waals surface area contributed by atoms with E-state index < -0.39 is 5.97 Å². The summed E-state index contributed by atoms with van der Waals surface area (Å²) in [6.07, 6.45) is 1.43. The number of benzene rings is 1. The molecular formula is C14H19N3O2. The van der Waals surface area contributed by atoms with Crippen molar-refractivity contribution in [3.05, 3.63) is 29.6 Å². The van der Waals surface area contributed by atoms with Crippen LogP contribution in [-0.4, -0.2) is 20.6 Å². The maximum Gasteiger partial charge on any atom is 0.303 e. The zero-order valence-electron chi connectivity index (χ0n) is 11.3.